The molecule has 0 bridgehead atoms. The second-order valence-electron chi connectivity index (χ2n) is 3.95. The molecule has 0 aliphatic carbocycles. The summed E-state index contributed by atoms with van der Waals surface area (Å²) in [6, 6.07) is 11.2. The van der Waals surface area contributed by atoms with E-state index >= 15 is 0 Å². The summed E-state index contributed by atoms with van der Waals surface area (Å²) in [5.41, 5.74) is 2.16. The number of halogens is 1. The van der Waals surface area contributed by atoms with Crippen molar-refractivity contribution >= 4 is 29.2 Å². The van der Waals surface area contributed by atoms with Crippen LogP contribution in [0.1, 0.15) is 10.4 Å². The van der Waals surface area contributed by atoms with E-state index in [1.807, 2.05) is 29.6 Å². The van der Waals surface area contributed by atoms with Crippen LogP contribution in [-0.2, 0) is 0 Å². The Morgan fingerprint density at radius 2 is 2.00 bits per heavy atom. The second kappa shape index (κ2) is 4.99. The average molecular weight is 289 g/mol. The first-order valence-corrected chi connectivity index (χ1v) is 6.88. The Morgan fingerprint density at radius 3 is 2.63 bits per heavy atom. The third-order valence-corrected chi connectivity index (χ3v) is 3.84. The lowest BCUT2D eigenvalue weighted by Gasteiger charge is -2.00. The SMILES string of the molecule is O=Cc1cn(-c2ccc(Cl)cc2)nc1-c1cccs1. The quantitative estimate of drug-likeness (QED) is 0.681. The number of thiophene rings is 1. The van der Waals surface area contributed by atoms with Crippen molar-refractivity contribution in [2.75, 3.05) is 0 Å². The molecule has 5 heteroatoms. The molecule has 0 unspecified atom stereocenters. The van der Waals surface area contributed by atoms with Gasteiger partial charge in [0.05, 0.1) is 16.1 Å². The lowest BCUT2D eigenvalue weighted by Crippen LogP contribution is -1.93. The predicted molar refractivity (Wildman–Crippen MR) is 77.3 cm³/mol. The molecule has 0 saturated heterocycles. The number of aldehydes is 1. The molecule has 3 rings (SSSR count). The van der Waals surface area contributed by atoms with E-state index in [2.05, 4.69) is 5.10 Å². The van der Waals surface area contributed by atoms with Crippen LogP contribution in [0, 0.1) is 0 Å². The standard InChI is InChI=1S/C14H9ClN2OS/c15-11-3-5-12(6-4-11)17-8-10(9-18)14(16-17)13-2-1-7-19-13/h1-9H. The van der Waals surface area contributed by atoms with Gasteiger partial charge in [-0.3, -0.25) is 4.79 Å². The van der Waals surface area contributed by atoms with Crippen LogP contribution in [0.25, 0.3) is 16.3 Å². The fourth-order valence-electron chi connectivity index (χ4n) is 1.80. The molecule has 2 heterocycles. The molecule has 0 spiro atoms. The lowest BCUT2D eigenvalue weighted by molar-refractivity contribution is 0.112. The smallest absolute Gasteiger partial charge is 0.153 e. The Kier molecular flexibility index (Phi) is 3.19. The van der Waals surface area contributed by atoms with Gasteiger partial charge in [-0.15, -0.1) is 11.3 Å². The molecule has 19 heavy (non-hydrogen) atoms. The fraction of sp³-hybridized carbons (Fsp3) is 0. The van der Waals surface area contributed by atoms with E-state index in [4.69, 9.17) is 11.6 Å². The molecular formula is C14H9ClN2OS. The van der Waals surface area contributed by atoms with Crippen LogP contribution in [-0.4, -0.2) is 16.1 Å². The number of nitrogens with zero attached hydrogens (tertiary/aromatic N) is 2. The fourth-order valence-corrected chi connectivity index (χ4v) is 2.66. The summed E-state index contributed by atoms with van der Waals surface area (Å²) in [4.78, 5) is 12.1. The normalized spacial score (nSPS) is 10.6. The maximum atomic E-state index is 11.2. The minimum absolute atomic E-state index is 0.581. The Labute approximate surface area is 119 Å². The molecule has 3 nitrogen and oxygen atoms in total. The van der Waals surface area contributed by atoms with Crippen molar-refractivity contribution in [3.8, 4) is 16.3 Å². The van der Waals surface area contributed by atoms with Crippen LogP contribution in [0.4, 0.5) is 0 Å². The Morgan fingerprint density at radius 1 is 1.21 bits per heavy atom. The van der Waals surface area contributed by atoms with Crippen LogP contribution in [0.5, 0.6) is 0 Å². The zero-order chi connectivity index (χ0) is 13.2. The van der Waals surface area contributed by atoms with E-state index in [0.717, 1.165) is 16.9 Å². The third-order valence-electron chi connectivity index (χ3n) is 2.72. The van der Waals surface area contributed by atoms with Crippen LogP contribution in [0.2, 0.25) is 5.02 Å². The first kappa shape index (κ1) is 12.1. The Hall–Kier alpha value is -1.91. The topological polar surface area (TPSA) is 34.9 Å². The summed E-state index contributed by atoms with van der Waals surface area (Å²) < 4.78 is 1.69. The number of carbonyl (C=O) groups is 1. The summed E-state index contributed by atoms with van der Waals surface area (Å²) in [6.07, 6.45) is 2.56. The van der Waals surface area contributed by atoms with E-state index in [1.54, 1.807) is 34.3 Å². The van der Waals surface area contributed by atoms with E-state index in [0.29, 0.717) is 16.3 Å². The minimum Gasteiger partial charge on any atom is -0.298 e. The molecule has 0 fully saturated rings. The summed E-state index contributed by atoms with van der Waals surface area (Å²) >= 11 is 7.42. The monoisotopic (exact) mass is 288 g/mol. The number of carbonyl (C=O) groups excluding carboxylic acids is 1. The first-order valence-electron chi connectivity index (χ1n) is 5.62. The van der Waals surface area contributed by atoms with Gasteiger partial charge in [0.25, 0.3) is 0 Å². The molecule has 94 valence electrons. The number of benzene rings is 1. The summed E-state index contributed by atoms with van der Waals surface area (Å²) in [6.45, 7) is 0. The van der Waals surface area contributed by atoms with Crippen molar-refractivity contribution in [3.05, 3.63) is 58.6 Å². The number of hydrogen-bond acceptors (Lipinski definition) is 3. The molecule has 0 saturated carbocycles. The van der Waals surface area contributed by atoms with Gasteiger partial charge in [-0.1, -0.05) is 17.7 Å². The Bertz CT molecular complexity index is 702. The van der Waals surface area contributed by atoms with E-state index in [9.17, 15) is 4.79 Å². The molecular weight excluding hydrogens is 280 g/mol. The van der Waals surface area contributed by atoms with Crippen LogP contribution < -0.4 is 0 Å². The minimum atomic E-state index is 0.581. The zero-order valence-corrected chi connectivity index (χ0v) is 11.4. The van der Waals surface area contributed by atoms with E-state index in [-0.39, 0.29) is 0 Å². The largest absolute Gasteiger partial charge is 0.298 e. The maximum absolute atomic E-state index is 11.2. The average Bonchev–Trinajstić information content (AvgIpc) is 3.08. The van der Waals surface area contributed by atoms with Gasteiger partial charge in [0.15, 0.2) is 6.29 Å². The highest BCUT2D eigenvalue weighted by atomic mass is 35.5. The highest BCUT2D eigenvalue weighted by molar-refractivity contribution is 7.13. The lowest BCUT2D eigenvalue weighted by atomic mass is 10.2. The van der Waals surface area contributed by atoms with Gasteiger partial charge in [-0.05, 0) is 35.7 Å². The molecule has 0 radical (unpaired) electrons. The van der Waals surface area contributed by atoms with E-state index < -0.39 is 0 Å². The van der Waals surface area contributed by atoms with Crippen molar-refractivity contribution in [3.63, 3.8) is 0 Å². The second-order valence-corrected chi connectivity index (χ2v) is 5.33. The number of rotatable bonds is 3. The molecule has 0 aliphatic rings. The van der Waals surface area contributed by atoms with Crippen LogP contribution in [0.3, 0.4) is 0 Å². The molecule has 0 amide bonds. The van der Waals surface area contributed by atoms with Crippen molar-refractivity contribution in [1.29, 1.82) is 0 Å². The van der Waals surface area contributed by atoms with Crippen molar-refractivity contribution in [2.45, 2.75) is 0 Å². The van der Waals surface area contributed by atoms with Gasteiger partial charge in [-0.2, -0.15) is 5.10 Å². The molecule has 3 aromatic rings. The maximum Gasteiger partial charge on any atom is 0.153 e. The van der Waals surface area contributed by atoms with Gasteiger partial charge in [0.2, 0.25) is 0 Å². The molecule has 0 atom stereocenters. The highest BCUT2D eigenvalue weighted by Crippen LogP contribution is 2.26. The molecule has 0 N–H and O–H groups in total. The first-order chi connectivity index (χ1) is 9.28. The van der Waals surface area contributed by atoms with Crippen molar-refractivity contribution < 1.29 is 4.79 Å². The molecule has 2 aromatic heterocycles. The van der Waals surface area contributed by atoms with Gasteiger partial charge >= 0.3 is 0 Å². The predicted octanol–water partition coefficient (Wildman–Crippen LogP) is 4.07. The number of aromatic nitrogens is 2. The highest BCUT2D eigenvalue weighted by Gasteiger charge is 2.12. The van der Waals surface area contributed by atoms with Crippen molar-refractivity contribution in [1.82, 2.24) is 9.78 Å². The molecule has 1 aromatic carbocycles. The summed E-state index contributed by atoms with van der Waals surface area (Å²) in [5, 5.41) is 7.11. The third kappa shape index (κ3) is 2.32. The van der Waals surface area contributed by atoms with Gasteiger partial charge in [-0.25, -0.2) is 4.68 Å². The van der Waals surface area contributed by atoms with Gasteiger partial charge in [0, 0.05) is 11.2 Å². The summed E-state index contributed by atoms with van der Waals surface area (Å²) in [7, 11) is 0. The van der Waals surface area contributed by atoms with Crippen molar-refractivity contribution in [2.24, 2.45) is 0 Å². The van der Waals surface area contributed by atoms with Gasteiger partial charge < -0.3 is 0 Å². The van der Waals surface area contributed by atoms with E-state index in [1.165, 1.54) is 0 Å². The van der Waals surface area contributed by atoms with Gasteiger partial charge in [0.1, 0.15) is 5.69 Å². The Balaban J connectivity index is 2.09. The van der Waals surface area contributed by atoms with Crippen LogP contribution in [0.15, 0.2) is 48.0 Å². The van der Waals surface area contributed by atoms with Crippen LogP contribution >= 0.6 is 22.9 Å². The molecule has 0 aliphatic heterocycles. The zero-order valence-electron chi connectivity index (χ0n) is 9.79. The number of hydrogen-bond donors (Lipinski definition) is 0. The summed E-state index contributed by atoms with van der Waals surface area (Å²) in [5.74, 6) is 0.